The maximum absolute atomic E-state index is 4.74. The zero-order valence-electron chi connectivity index (χ0n) is 9.09. The molecule has 1 aliphatic heterocycles. The van der Waals surface area contributed by atoms with E-state index >= 15 is 0 Å². The second-order valence-electron chi connectivity index (χ2n) is 4.68. The summed E-state index contributed by atoms with van der Waals surface area (Å²) in [5.41, 5.74) is 1.53. The van der Waals surface area contributed by atoms with Gasteiger partial charge >= 0.3 is 0 Å². The van der Waals surface area contributed by atoms with Gasteiger partial charge in [0.25, 0.3) is 0 Å². The molecule has 81 valence electrons. The third-order valence-electron chi connectivity index (χ3n) is 3.38. The van der Waals surface area contributed by atoms with Crippen molar-refractivity contribution in [3.8, 4) is 0 Å². The normalized spacial score (nSPS) is 24.8. The van der Waals surface area contributed by atoms with E-state index in [2.05, 4.69) is 25.3 Å². The van der Waals surface area contributed by atoms with Gasteiger partial charge in [-0.05, 0) is 19.5 Å². The Balaban J connectivity index is 0.000000980. The first-order valence-corrected chi connectivity index (χ1v) is 5.26. The Morgan fingerprint density at radius 3 is 2.50 bits per heavy atom. The first kappa shape index (κ1) is 12.2. The molecule has 1 heterocycles. The Labute approximate surface area is 101 Å². The fraction of sp³-hybridized carbons (Fsp3) is 0.818. The SMILES string of the molecule is C=C1C[N-]C2(CCC2)CN1C(C)C.[Re]. The second-order valence-corrected chi connectivity index (χ2v) is 4.68. The molecule has 0 aromatic rings. The van der Waals surface area contributed by atoms with Gasteiger partial charge in [0.15, 0.2) is 0 Å². The molecular weight excluding hydrogens is 346 g/mol. The minimum atomic E-state index is 0. The number of rotatable bonds is 1. The van der Waals surface area contributed by atoms with Gasteiger partial charge < -0.3 is 10.2 Å². The molecule has 3 heteroatoms. The second kappa shape index (κ2) is 4.35. The molecule has 2 aliphatic rings. The summed E-state index contributed by atoms with van der Waals surface area (Å²) in [5.74, 6) is 0. The summed E-state index contributed by atoms with van der Waals surface area (Å²) in [7, 11) is 0. The van der Waals surface area contributed by atoms with Crippen LogP contribution in [0.2, 0.25) is 0 Å². The van der Waals surface area contributed by atoms with Gasteiger partial charge in [-0.25, -0.2) is 0 Å². The maximum atomic E-state index is 4.74. The molecule has 2 nitrogen and oxygen atoms in total. The number of hydrogen-bond donors (Lipinski definition) is 0. The van der Waals surface area contributed by atoms with Crippen LogP contribution in [0.5, 0.6) is 0 Å². The molecule has 1 aliphatic carbocycles. The maximum Gasteiger partial charge on any atom is 0.0229 e. The predicted molar refractivity (Wildman–Crippen MR) is 55.8 cm³/mol. The van der Waals surface area contributed by atoms with Gasteiger partial charge in [-0.3, -0.25) is 0 Å². The van der Waals surface area contributed by atoms with Crippen molar-refractivity contribution in [1.29, 1.82) is 0 Å². The third kappa shape index (κ3) is 2.05. The van der Waals surface area contributed by atoms with Gasteiger partial charge in [0, 0.05) is 33.0 Å². The van der Waals surface area contributed by atoms with Crippen LogP contribution < -0.4 is 0 Å². The van der Waals surface area contributed by atoms with Gasteiger partial charge in [0.2, 0.25) is 0 Å². The number of nitrogens with zero attached hydrogens (tertiary/aromatic N) is 2. The van der Waals surface area contributed by atoms with Crippen molar-refractivity contribution in [2.45, 2.75) is 44.7 Å². The summed E-state index contributed by atoms with van der Waals surface area (Å²) < 4.78 is 0. The standard InChI is InChI=1S/C11H19N2.Re/c1-9(2)13-8-11(5-4-6-11)12-7-10(13)3;/h9H,3-8H2,1-2H3;/q-1;. The van der Waals surface area contributed by atoms with E-state index in [9.17, 15) is 0 Å². The minimum absolute atomic E-state index is 0. The molecule has 0 aromatic heterocycles. The minimum Gasteiger partial charge on any atom is -0.650 e. The summed E-state index contributed by atoms with van der Waals surface area (Å²) >= 11 is 0. The molecule has 2 fully saturated rings. The molecule has 1 spiro atoms. The van der Waals surface area contributed by atoms with Crippen LogP contribution in [0.3, 0.4) is 0 Å². The van der Waals surface area contributed by atoms with E-state index in [1.54, 1.807) is 0 Å². The van der Waals surface area contributed by atoms with Crippen LogP contribution in [0.15, 0.2) is 12.3 Å². The number of piperazine rings is 1. The van der Waals surface area contributed by atoms with Crippen LogP contribution in [0.25, 0.3) is 5.32 Å². The van der Waals surface area contributed by atoms with E-state index in [-0.39, 0.29) is 20.4 Å². The predicted octanol–water partition coefficient (Wildman–Crippen LogP) is 2.52. The van der Waals surface area contributed by atoms with E-state index < -0.39 is 0 Å². The van der Waals surface area contributed by atoms with Crippen LogP contribution in [-0.4, -0.2) is 29.6 Å². The summed E-state index contributed by atoms with van der Waals surface area (Å²) in [4.78, 5) is 2.42. The van der Waals surface area contributed by atoms with Crippen molar-refractivity contribution in [3.63, 3.8) is 0 Å². The molecule has 0 unspecified atom stereocenters. The monoisotopic (exact) mass is 366 g/mol. The van der Waals surface area contributed by atoms with Crippen molar-refractivity contribution in [2.75, 3.05) is 13.1 Å². The Bertz CT molecular complexity index is 221. The van der Waals surface area contributed by atoms with Crippen LogP contribution >= 0.6 is 0 Å². The molecule has 14 heavy (non-hydrogen) atoms. The smallest absolute Gasteiger partial charge is 0.0229 e. The molecule has 1 radical (unpaired) electrons. The fourth-order valence-corrected chi connectivity index (χ4v) is 2.28. The summed E-state index contributed by atoms with van der Waals surface area (Å²) in [6.07, 6.45) is 3.95. The van der Waals surface area contributed by atoms with Crippen molar-refractivity contribution in [2.24, 2.45) is 0 Å². The summed E-state index contributed by atoms with van der Waals surface area (Å²) in [6.45, 7) is 10.5. The quantitative estimate of drug-likeness (QED) is 0.698. The number of hydrogen-bond acceptors (Lipinski definition) is 1. The van der Waals surface area contributed by atoms with E-state index in [0.29, 0.717) is 11.6 Å². The van der Waals surface area contributed by atoms with E-state index in [0.717, 1.165) is 13.1 Å². The zero-order valence-corrected chi connectivity index (χ0v) is 11.8. The van der Waals surface area contributed by atoms with E-state index in [1.165, 1.54) is 25.0 Å². The Kier molecular flexibility index (Phi) is 3.80. The van der Waals surface area contributed by atoms with Gasteiger partial charge in [-0.1, -0.05) is 25.8 Å². The van der Waals surface area contributed by atoms with Crippen molar-refractivity contribution in [1.82, 2.24) is 4.90 Å². The van der Waals surface area contributed by atoms with E-state index in [4.69, 9.17) is 5.32 Å². The van der Waals surface area contributed by atoms with Crippen LogP contribution in [0, 0.1) is 0 Å². The van der Waals surface area contributed by atoms with Gasteiger partial charge in [0.1, 0.15) is 0 Å². The topological polar surface area (TPSA) is 17.3 Å². The zero-order chi connectivity index (χ0) is 9.47. The van der Waals surface area contributed by atoms with Gasteiger partial charge in [-0.2, -0.15) is 0 Å². The molecule has 0 atom stereocenters. The summed E-state index contributed by atoms with van der Waals surface area (Å²) in [5, 5.41) is 4.74. The Morgan fingerprint density at radius 2 is 2.07 bits per heavy atom. The van der Waals surface area contributed by atoms with Crippen LogP contribution in [0.4, 0.5) is 0 Å². The molecular formula is C11H19N2Re-. The molecule has 0 N–H and O–H groups in total. The molecule has 1 saturated heterocycles. The summed E-state index contributed by atoms with van der Waals surface area (Å²) in [6, 6.07) is 0.584. The molecule has 0 amide bonds. The van der Waals surface area contributed by atoms with Gasteiger partial charge in [0.05, 0.1) is 0 Å². The Morgan fingerprint density at radius 1 is 1.43 bits per heavy atom. The van der Waals surface area contributed by atoms with Crippen molar-refractivity contribution in [3.05, 3.63) is 17.6 Å². The molecule has 0 aromatic carbocycles. The van der Waals surface area contributed by atoms with E-state index in [1.807, 2.05) is 0 Å². The average Bonchev–Trinajstić information content (AvgIpc) is 2.02. The molecule has 1 saturated carbocycles. The van der Waals surface area contributed by atoms with Crippen LogP contribution in [0.1, 0.15) is 33.1 Å². The van der Waals surface area contributed by atoms with Crippen LogP contribution in [-0.2, 0) is 20.4 Å². The Hall–Kier alpha value is 0.162. The van der Waals surface area contributed by atoms with Crippen molar-refractivity contribution >= 4 is 0 Å². The van der Waals surface area contributed by atoms with Crippen molar-refractivity contribution < 1.29 is 20.4 Å². The first-order chi connectivity index (χ1) is 6.13. The largest absolute Gasteiger partial charge is 0.650 e. The fourth-order valence-electron chi connectivity index (χ4n) is 2.28. The first-order valence-electron chi connectivity index (χ1n) is 5.26. The third-order valence-corrected chi connectivity index (χ3v) is 3.38. The molecule has 0 bridgehead atoms. The average molecular weight is 365 g/mol. The van der Waals surface area contributed by atoms with Gasteiger partial charge in [-0.15, -0.1) is 12.1 Å². The molecule has 2 rings (SSSR count).